The topological polar surface area (TPSA) is 96.9 Å². The number of nitrogens with two attached hydrogens (primary N) is 1. The molecule has 0 fully saturated rings. The maximum absolute atomic E-state index is 11.7. The van der Waals surface area contributed by atoms with Crippen LogP contribution in [0.25, 0.3) is 0 Å². The van der Waals surface area contributed by atoms with E-state index in [0.29, 0.717) is 0 Å². The van der Waals surface area contributed by atoms with Gasteiger partial charge in [-0.05, 0) is 5.56 Å². The lowest BCUT2D eigenvalue weighted by Crippen LogP contribution is -2.57. The number of carbonyl (C=O) groups excluding carboxylic acids is 1. The van der Waals surface area contributed by atoms with Gasteiger partial charge in [0.25, 0.3) is 5.72 Å². The van der Waals surface area contributed by atoms with Crippen molar-refractivity contribution in [1.29, 1.82) is 0 Å². The van der Waals surface area contributed by atoms with Crippen LogP contribution in [0.4, 0.5) is 0 Å². The van der Waals surface area contributed by atoms with Gasteiger partial charge in [-0.3, -0.25) is 5.43 Å². The molecule has 0 radical (unpaired) electrons. The maximum atomic E-state index is 11.7. The Balaban J connectivity index is 2.41. The largest absolute Gasteiger partial charge is 0.465 e. The summed E-state index contributed by atoms with van der Waals surface area (Å²) in [7, 11) is 1.20. The highest BCUT2D eigenvalue weighted by Gasteiger charge is 2.49. The first kappa shape index (κ1) is 12.7. The van der Waals surface area contributed by atoms with E-state index in [1.807, 2.05) is 18.2 Å². The quantitative estimate of drug-likeness (QED) is 0.660. The average molecular weight is 267 g/mol. The standard InChI is InChI=1S/C11H13N3O3S/c1-17-9(15)11(16)8(18-10(12)13-14-11)7-5-3-2-4-6-7/h2-6,8,14,16H,1H3,(H2,12,13). The molecule has 0 spiro atoms. The van der Waals surface area contributed by atoms with Gasteiger partial charge in [-0.1, -0.05) is 42.1 Å². The van der Waals surface area contributed by atoms with E-state index >= 15 is 0 Å². The van der Waals surface area contributed by atoms with Crippen LogP contribution in [0.3, 0.4) is 0 Å². The van der Waals surface area contributed by atoms with E-state index in [-0.39, 0.29) is 5.17 Å². The summed E-state index contributed by atoms with van der Waals surface area (Å²) in [4.78, 5) is 11.7. The van der Waals surface area contributed by atoms with E-state index in [2.05, 4.69) is 15.3 Å². The number of hydrogen-bond donors (Lipinski definition) is 3. The molecule has 2 atom stereocenters. The van der Waals surface area contributed by atoms with Gasteiger partial charge in [-0.2, -0.15) is 5.10 Å². The molecule has 96 valence electrons. The number of rotatable bonds is 2. The Morgan fingerprint density at radius 3 is 2.83 bits per heavy atom. The van der Waals surface area contributed by atoms with E-state index in [4.69, 9.17) is 5.73 Å². The number of benzene rings is 1. The summed E-state index contributed by atoms with van der Waals surface area (Å²) in [5.41, 5.74) is 6.80. The second-order valence-electron chi connectivity index (χ2n) is 3.73. The van der Waals surface area contributed by atoms with Crippen molar-refractivity contribution < 1.29 is 14.6 Å². The molecule has 1 aliphatic heterocycles. The molecule has 18 heavy (non-hydrogen) atoms. The lowest BCUT2D eigenvalue weighted by Gasteiger charge is -2.35. The molecule has 0 saturated carbocycles. The number of esters is 1. The van der Waals surface area contributed by atoms with Crippen LogP contribution >= 0.6 is 11.8 Å². The maximum Gasteiger partial charge on any atom is 0.362 e. The van der Waals surface area contributed by atoms with Crippen molar-refractivity contribution >= 4 is 22.9 Å². The Kier molecular flexibility index (Phi) is 3.44. The molecule has 1 aliphatic rings. The Morgan fingerprint density at radius 1 is 1.56 bits per heavy atom. The van der Waals surface area contributed by atoms with Gasteiger partial charge in [0.2, 0.25) is 0 Å². The fourth-order valence-corrected chi connectivity index (χ4v) is 2.63. The number of thioether (sulfide) groups is 1. The van der Waals surface area contributed by atoms with E-state index in [0.717, 1.165) is 17.3 Å². The minimum absolute atomic E-state index is 0.248. The number of nitrogens with one attached hydrogen (secondary N) is 1. The van der Waals surface area contributed by atoms with E-state index in [1.165, 1.54) is 7.11 Å². The second-order valence-corrected chi connectivity index (χ2v) is 4.85. The lowest BCUT2D eigenvalue weighted by atomic mass is 10.0. The predicted molar refractivity (Wildman–Crippen MR) is 68.5 cm³/mol. The number of carbonyl (C=O) groups is 1. The van der Waals surface area contributed by atoms with Crippen LogP contribution in [0.1, 0.15) is 10.8 Å². The van der Waals surface area contributed by atoms with E-state index < -0.39 is 16.9 Å². The first-order valence-corrected chi connectivity index (χ1v) is 6.08. The third-order valence-electron chi connectivity index (χ3n) is 2.55. The summed E-state index contributed by atoms with van der Waals surface area (Å²) in [6.07, 6.45) is 0. The zero-order valence-corrected chi connectivity index (χ0v) is 10.5. The van der Waals surface area contributed by atoms with Crippen molar-refractivity contribution in [2.24, 2.45) is 10.8 Å². The summed E-state index contributed by atoms with van der Waals surface area (Å²) in [6.45, 7) is 0. The summed E-state index contributed by atoms with van der Waals surface area (Å²) >= 11 is 1.10. The number of amidine groups is 1. The number of hydrazone groups is 1. The van der Waals surface area contributed by atoms with Gasteiger partial charge in [0.1, 0.15) is 0 Å². The molecule has 0 bridgehead atoms. The second kappa shape index (κ2) is 4.87. The van der Waals surface area contributed by atoms with Crippen LogP contribution in [-0.4, -0.2) is 29.1 Å². The van der Waals surface area contributed by atoms with Crippen LogP contribution in [-0.2, 0) is 9.53 Å². The molecule has 7 heteroatoms. The number of hydrogen-bond acceptors (Lipinski definition) is 7. The van der Waals surface area contributed by atoms with Gasteiger partial charge < -0.3 is 15.6 Å². The fraction of sp³-hybridized carbons (Fsp3) is 0.273. The lowest BCUT2D eigenvalue weighted by molar-refractivity contribution is -0.166. The van der Waals surface area contributed by atoms with Crippen molar-refractivity contribution in [3.63, 3.8) is 0 Å². The highest BCUT2D eigenvalue weighted by atomic mass is 32.2. The SMILES string of the molecule is COC(=O)C1(O)NN=C(N)SC1c1ccccc1. The highest BCUT2D eigenvalue weighted by molar-refractivity contribution is 8.14. The normalized spacial score (nSPS) is 27.0. The number of aliphatic hydroxyl groups is 1. The van der Waals surface area contributed by atoms with E-state index in [1.54, 1.807) is 12.1 Å². The monoisotopic (exact) mass is 267 g/mol. The number of methoxy groups -OCH3 is 1. The number of ether oxygens (including phenoxy) is 1. The average Bonchev–Trinajstić information content (AvgIpc) is 2.41. The minimum Gasteiger partial charge on any atom is -0.465 e. The minimum atomic E-state index is -1.93. The zero-order valence-electron chi connectivity index (χ0n) is 9.66. The van der Waals surface area contributed by atoms with Gasteiger partial charge in [-0.25, -0.2) is 4.79 Å². The van der Waals surface area contributed by atoms with Crippen molar-refractivity contribution in [2.75, 3.05) is 7.11 Å². The first-order valence-electron chi connectivity index (χ1n) is 5.20. The van der Waals surface area contributed by atoms with Crippen molar-refractivity contribution in [1.82, 2.24) is 5.43 Å². The van der Waals surface area contributed by atoms with E-state index in [9.17, 15) is 9.90 Å². The van der Waals surface area contributed by atoms with Gasteiger partial charge in [0.05, 0.1) is 12.4 Å². The van der Waals surface area contributed by atoms with Crippen LogP contribution in [0.15, 0.2) is 35.4 Å². The van der Waals surface area contributed by atoms with Crippen LogP contribution in [0.5, 0.6) is 0 Å². The Hall–Kier alpha value is -1.73. The van der Waals surface area contributed by atoms with Gasteiger partial charge in [0.15, 0.2) is 5.17 Å². The molecule has 4 N–H and O–H groups in total. The molecule has 2 rings (SSSR count). The highest BCUT2D eigenvalue weighted by Crippen LogP contribution is 2.40. The van der Waals surface area contributed by atoms with Crippen molar-refractivity contribution in [2.45, 2.75) is 11.0 Å². The first-order chi connectivity index (χ1) is 8.58. The molecule has 1 aromatic carbocycles. The Morgan fingerprint density at radius 2 is 2.22 bits per heavy atom. The summed E-state index contributed by atoms with van der Waals surface area (Å²) in [5.74, 6) is -0.805. The van der Waals surface area contributed by atoms with Gasteiger partial charge in [0, 0.05) is 0 Å². The summed E-state index contributed by atoms with van der Waals surface area (Å²) in [6, 6.07) is 9.07. The smallest absolute Gasteiger partial charge is 0.362 e. The Labute approximate surface area is 108 Å². The molecule has 2 unspecified atom stereocenters. The van der Waals surface area contributed by atoms with Crippen molar-refractivity contribution in [3.05, 3.63) is 35.9 Å². The van der Waals surface area contributed by atoms with Crippen molar-refractivity contribution in [3.8, 4) is 0 Å². The zero-order chi connectivity index (χ0) is 13.2. The molecule has 0 amide bonds. The van der Waals surface area contributed by atoms with Crippen LogP contribution in [0, 0.1) is 0 Å². The molecule has 1 heterocycles. The molecule has 6 nitrogen and oxygen atoms in total. The third kappa shape index (κ3) is 2.14. The van der Waals surface area contributed by atoms with Gasteiger partial charge >= 0.3 is 5.97 Å². The molecular weight excluding hydrogens is 254 g/mol. The fourth-order valence-electron chi connectivity index (χ4n) is 1.68. The molecule has 0 aliphatic carbocycles. The number of nitrogens with zero attached hydrogens (tertiary/aromatic N) is 1. The third-order valence-corrected chi connectivity index (χ3v) is 3.74. The summed E-state index contributed by atoms with van der Waals surface area (Å²) in [5, 5.41) is 13.7. The van der Waals surface area contributed by atoms with Gasteiger partial charge in [-0.15, -0.1) is 0 Å². The molecule has 1 aromatic rings. The Bertz CT molecular complexity index is 480. The molecule has 0 saturated heterocycles. The van der Waals surface area contributed by atoms with Crippen LogP contribution < -0.4 is 11.2 Å². The summed E-state index contributed by atoms with van der Waals surface area (Å²) < 4.78 is 4.60. The molecule has 0 aromatic heterocycles. The molecular formula is C11H13N3O3S. The van der Waals surface area contributed by atoms with Crippen LogP contribution in [0.2, 0.25) is 0 Å². The predicted octanol–water partition coefficient (Wildman–Crippen LogP) is 0.155.